The highest BCUT2D eigenvalue weighted by Crippen LogP contribution is 2.66. The van der Waals surface area contributed by atoms with Gasteiger partial charge in [0.15, 0.2) is 11.6 Å². The molecule has 1 N–H and O–H groups in total. The molecule has 4 heterocycles. The van der Waals surface area contributed by atoms with Crippen molar-refractivity contribution in [3.05, 3.63) is 0 Å². The van der Waals surface area contributed by atoms with Crippen LogP contribution in [0.5, 0.6) is 0 Å². The van der Waals surface area contributed by atoms with Crippen molar-refractivity contribution in [2.45, 2.75) is 195 Å². The van der Waals surface area contributed by atoms with Crippen molar-refractivity contribution in [3.63, 3.8) is 0 Å². The number of aliphatic hydroxyl groups excluding tert-OH is 1. The molecular weight excluding hydrogens is 869 g/mol. The van der Waals surface area contributed by atoms with Crippen LogP contribution in [0.2, 0.25) is 0 Å². The molecule has 4 aliphatic heterocycles. The van der Waals surface area contributed by atoms with E-state index in [0.717, 1.165) is 76.9 Å². The maximum absolute atomic E-state index is 13.7. The number of hydrogen-bond acceptors (Lipinski definition) is 12. The van der Waals surface area contributed by atoms with Crippen LogP contribution in [0.4, 0.5) is 0 Å². The van der Waals surface area contributed by atoms with Crippen LogP contribution < -0.4 is 0 Å². The second-order valence-electron chi connectivity index (χ2n) is 24.3. The summed E-state index contributed by atoms with van der Waals surface area (Å²) in [6.07, 6.45) is 12.9. The van der Waals surface area contributed by atoms with Crippen LogP contribution in [0.25, 0.3) is 0 Å². The Morgan fingerprint density at radius 3 is 1.44 bits per heavy atom. The van der Waals surface area contributed by atoms with E-state index in [-0.39, 0.29) is 103 Å². The van der Waals surface area contributed by atoms with E-state index in [4.69, 9.17) is 18.9 Å². The molecule has 0 spiro atoms. The smallest absolute Gasteiger partial charge is 0.307 e. The number of aliphatic hydroxyl groups is 1. The van der Waals surface area contributed by atoms with Gasteiger partial charge in [-0.2, -0.15) is 0 Å². The Morgan fingerprint density at radius 1 is 0.632 bits per heavy atom. The summed E-state index contributed by atoms with van der Waals surface area (Å²) in [6.45, 7) is 21.9. The summed E-state index contributed by atoms with van der Waals surface area (Å²) in [5.41, 5.74) is -1.23. The summed E-state index contributed by atoms with van der Waals surface area (Å²) in [7, 11) is 0. The van der Waals surface area contributed by atoms with Crippen LogP contribution >= 0.6 is 0 Å². The molecule has 14 heteroatoms. The van der Waals surface area contributed by atoms with Gasteiger partial charge in [0.2, 0.25) is 11.8 Å². The summed E-state index contributed by atoms with van der Waals surface area (Å²) in [5, 5.41) is 9.90. The van der Waals surface area contributed by atoms with Crippen molar-refractivity contribution < 1.29 is 57.6 Å². The lowest BCUT2D eigenvalue weighted by Gasteiger charge is -2.33. The van der Waals surface area contributed by atoms with E-state index in [1.807, 2.05) is 20.8 Å². The number of piperidine rings is 2. The standard InChI is InChI=1S/C27H45NO6.C27H43NO6/c2*1-26(2,3)34-22(31)14-19-17-33-12-10-8-6-7-9-11-18(16-29)13-21(30)24-23-20(27(23,4)5)15-28(24)25(19)32/h18-20,23-24,29H,6-17H2,1-5H3;16,18-20,23-24H,6-15,17H2,1-5H3/t2*18-,19+,20+,23+,24-/m11/s1. The van der Waals surface area contributed by atoms with Crippen LogP contribution in [0.15, 0.2) is 0 Å². The van der Waals surface area contributed by atoms with E-state index in [2.05, 4.69) is 27.7 Å². The van der Waals surface area contributed by atoms with Gasteiger partial charge in [0.25, 0.3) is 0 Å². The van der Waals surface area contributed by atoms with Gasteiger partial charge in [0.1, 0.15) is 17.5 Å². The molecule has 6 rings (SSSR count). The quantitative estimate of drug-likeness (QED) is 0.202. The Morgan fingerprint density at radius 2 is 1.03 bits per heavy atom. The van der Waals surface area contributed by atoms with Crippen LogP contribution in [0, 0.1) is 58.2 Å². The number of Topliss-reactive ketones (excluding diaryl/α,β-unsaturated/α-hetero) is 2. The van der Waals surface area contributed by atoms with Crippen molar-refractivity contribution >= 4 is 41.6 Å². The van der Waals surface area contributed by atoms with Gasteiger partial charge in [-0.25, -0.2) is 0 Å². The largest absolute Gasteiger partial charge is 0.460 e. The zero-order valence-electron chi connectivity index (χ0n) is 43.4. The molecule has 68 heavy (non-hydrogen) atoms. The first-order valence-electron chi connectivity index (χ1n) is 26.2. The molecule has 14 nitrogen and oxygen atoms in total. The van der Waals surface area contributed by atoms with Gasteiger partial charge >= 0.3 is 11.9 Å². The molecule has 0 radical (unpaired) electrons. The molecule has 386 valence electrons. The van der Waals surface area contributed by atoms with Crippen molar-refractivity contribution in [3.8, 4) is 0 Å². The highest BCUT2D eigenvalue weighted by Gasteiger charge is 2.70. The number of nitrogens with zero attached hydrogens (tertiary/aromatic N) is 2. The highest BCUT2D eigenvalue weighted by atomic mass is 16.6. The molecule has 0 bridgehead atoms. The number of amides is 2. The average Bonchev–Trinajstić information content (AvgIpc) is 3.69. The number of fused-ring (bicyclic) bond motifs is 6. The predicted molar refractivity (Wildman–Crippen MR) is 257 cm³/mol. The van der Waals surface area contributed by atoms with Gasteiger partial charge in [-0.05, 0) is 108 Å². The number of carbonyl (C=O) groups is 7. The summed E-state index contributed by atoms with van der Waals surface area (Å²) in [6, 6.07) is -1.00. The summed E-state index contributed by atoms with van der Waals surface area (Å²) >= 11 is 0. The normalized spacial score (nSPS) is 33.2. The molecular formula is C54H88N2O12. The molecule has 0 unspecified atom stereocenters. The number of hydrogen-bond donors (Lipinski definition) is 1. The van der Waals surface area contributed by atoms with Gasteiger partial charge < -0.3 is 38.6 Å². The molecule has 2 aliphatic carbocycles. The fraction of sp³-hybridized carbons (Fsp3) is 0.870. The van der Waals surface area contributed by atoms with Crippen LogP contribution in [0.3, 0.4) is 0 Å². The number of ketones is 2. The van der Waals surface area contributed by atoms with Gasteiger partial charge in [-0.3, -0.25) is 28.8 Å². The van der Waals surface area contributed by atoms with E-state index in [1.165, 1.54) is 0 Å². The zero-order chi connectivity index (χ0) is 50.2. The average molecular weight is 957 g/mol. The number of aldehydes is 1. The highest BCUT2D eigenvalue weighted by molar-refractivity contribution is 5.94. The van der Waals surface area contributed by atoms with Gasteiger partial charge in [-0.1, -0.05) is 79.1 Å². The Balaban J connectivity index is 0.000000254. The summed E-state index contributed by atoms with van der Waals surface area (Å²) in [5.74, 6) is -2.08. The second-order valence-corrected chi connectivity index (χ2v) is 24.3. The predicted octanol–water partition coefficient (Wildman–Crippen LogP) is 7.72. The van der Waals surface area contributed by atoms with Gasteiger partial charge in [0, 0.05) is 51.7 Å². The molecule has 6 aliphatic rings. The Kier molecular flexibility index (Phi) is 19.5. The molecule has 6 fully saturated rings. The lowest BCUT2D eigenvalue weighted by atomic mass is 9.89. The van der Waals surface area contributed by atoms with E-state index in [0.29, 0.717) is 45.1 Å². The number of carbonyl (C=O) groups excluding carboxylic acids is 7. The lowest BCUT2D eigenvalue weighted by Crippen LogP contribution is -2.49. The topological polar surface area (TPSA) is 183 Å². The van der Waals surface area contributed by atoms with Crippen molar-refractivity contribution in [2.75, 3.05) is 46.1 Å². The van der Waals surface area contributed by atoms with Crippen LogP contribution in [-0.2, 0) is 52.5 Å². The number of esters is 2. The zero-order valence-corrected chi connectivity index (χ0v) is 43.4. The second kappa shape index (κ2) is 23.8. The fourth-order valence-corrected chi connectivity index (χ4v) is 11.9. The maximum Gasteiger partial charge on any atom is 0.307 e. The minimum absolute atomic E-state index is 0.000989. The number of ether oxygens (including phenoxy) is 4. The minimum atomic E-state index is -0.680. The van der Waals surface area contributed by atoms with Gasteiger partial charge in [0.05, 0.1) is 50.0 Å². The minimum Gasteiger partial charge on any atom is -0.460 e. The van der Waals surface area contributed by atoms with Crippen molar-refractivity contribution in [2.24, 2.45) is 58.2 Å². The monoisotopic (exact) mass is 957 g/mol. The number of rotatable bonds is 6. The molecule has 2 amide bonds. The molecule has 0 aromatic carbocycles. The first kappa shape index (κ1) is 55.7. The van der Waals surface area contributed by atoms with Crippen LogP contribution in [-0.4, -0.2) is 126 Å². The SMILES string of the molecule is CC(C)(C)OC(=O)C[C@H]1COCCCCCCC[C@@H](C=O)CC(=O)[C@@H]2[C@@H]3[C@H](CN2C1=O)C3(C)C.CC(C)(C)OC(=O)C[C@H]1COCCCCCCC[C@@H](CO)CC(=O)[C@@H]2[C@@H]3[C@H](CN2C1=O)C3(C)C. The molecule has 0 aromatic heterocycles. The van der Waals surface area contributed by atoms with E-state index >= 15 is 0 Å². The molecule has 2 saturated carbocycles. The van der Waals surface area contributed by atoms with Crippen molar-refractivity contribution in [1.29, 1.82) is 0 Å². The molecule has 10 atom stereocenters. The van der Waals surface area contributed by atoms with Crippen molar-refractivity contribution in [1.82, 2.24) is 9.80 Å². The third-order valence-corrected chi connectivity index (χ3v) is 15.8. The third kappa shape index (κ3) is 14.9. The molecule has 0 aromatic rings. The first-order chi connectivity index (χ1) is 31.9. The van der Waals surface area contributed by atoms with E-state index in [1.54, 1.807) is 30.6 Å². The lowest BCUT2D eigenvalue weighted by molar-refractivity contribution is -0.160. The van der Waals surface area contributed by atoms with Crippen LogP contribution in [0.1, 0.15) is 172 Å². The maximum atomic E-state index is 13.7. The third-order valence-electron chi connectivity index (χ3n) is 15.8. The Labute approximate surface area is 407 Å². The summed E-state index contributed by atoms with van der Waals surface area (Å²) in [4.78, 5) is 94.7. The molecule has 4 saturated heterocycles. The Hall–Kier alpha value is -3.23. The van der Waals surface area contributed by atoms with E-state index < -0.39 is 47.1 Å². The fourth-order valence-electron chi connectivity index (χ4n) is 11.9. The van der Waals surface area contributed by atoms with Gasteiger partial charge in [-0.15, -0.1) is 0 Å². The summed E-state index contributed by atoms with van der Waals surface area (Å²) < 4.78 is 22.7. The first-order valence-corrected chi connectivity index (χ1v) is 26.2. The Bertz CT molecular complexity index is 1760. The van der Waals surface area contributed by atoms with E-state index in [9.17, 15) is 38.7 Å².